The standard InChI is InChI=1S/C13H12N4O2/c1-16(18)14-12-8-5-9-13(10-12)17(19)15-11-6-3-2-4-7-11/h2-10H,1H3. The summed E-state index contributed by atoms with van der Waals surface area (Å²) in [7, 11) is 1.27. The topological polar surface area (TPSA) is 76.9 Å². The van der Waals surface area contributed by atoms with Crippen molar-refractivity contribution in [2.45, 2.75) is 0 Å². The number of hydrogen-bond acceptors (Lipinski definition) is 4. The first-order valence-corrected chi connectivity index (χ1v) is 5.62. The van der Waals surface area contributed by atoms with Crippen LogP contribution in [0.5, 0.6) is 0 Å². The average molecular weight is 256 g/mol. The van der Waals surface area contributed by atoms with E-state index in [0.29, 0.717) is 26.8 Å². The van der Waals surface area contributed by atoms with Crippen molar-refractivity contribution in [2.24, 2.45) is 10.2 Å². The van der Waals surface area contributed by atoms with Crippen LogP contribution in [-0.4, -0.2) is 16.8 Å². The van der Waals surface area contributed by atoms with Crippen LogP contribution in [-0.2, 0) is 0 Å². The summed E-state index contributed by atoms with van der Waals surface area (Å²) in [5, 5.41) is 30.3. The highest BCUT2D eigenvalue weighted by Gasteiger charge is 2.06. The molecule has 0 radical (unpaired) electrons. The molecule has 0 aliphatic heterocycles. The van der Waals surface area contributed by atoms with Crippen molar-refractivity contribution in [1.82, 2.24) is 0 Å². The molecular weight excluding hydrogens is 244 g/mol. The summed E-state index contributed by atoms with van der Waals surface area (Å²) in [5.74, 6) is 0. The van der Waals surface area contributed by atoms with Gasteiger partial charge in [0.15, 0.2) is 7.05 Å². The van der Waals surface area contributed by atoms with Gasteiger partial charge in [-0.3, -0.25) is 0 Å². The SMILES string of the molecule is C[N+]([O-])=Nc1cccc([N+]([O-])=Nc2ccccc2)c1. The van der Waals surface area contributed by atoms with Crippen molar-refractivity contribution in [3.05, 3.63) is 65.0 Å². The Morgan fingerprint density at radius 3 is 2.21 bits per heavy atom. The Morgan fingerprint density at radius 2 is 1.53 bits per heavy atom. The van der Waals surface area contributed by atoms with Gasteiger partial charge in [0, 0.05) is 22.4 Å². The molecule has 0 N–H and O–H groups in total. The van der Waals surface area contributed by atoms with Gasteiger partial charge in [-0.1, -0.05) is 34.0 Å². The molecule has 6 heteroatoms. The molecule has 0 bridgehead atoms. The normalized spacial score (nSPS) is 12.5. The van der Waals surface area contributed by atoms with Crippen LogP contribution < -0.4 is 0 Å². The number of azo groups is 2. The number of nitrogens with zero attached hydrogens (tertiary/aromatic N) is 4. The van der Waals surface area contributed by atoms with E-state index < -0.39 is 0 Å². The van der Waals surface area contributed by atoms with Crippen LogP contribution in [0.1, 0.15) is 0 Å². The number of hydrogen-bond donors (Lipinski definition) is 0. The van der Waals surface area contributed by atoms with Crippen molar-refractivity contribution < 1.29 is 9.72 Å². The van der Waals surface area contributed by atoms with Gasteiger partial charge in [0.05, 0.1) is 0 Å². The van der Waals surface area contributed by atoms with Gasteiger partial charge in [0.1, 0.15) is 11.4 Å². The number of benzene rings is 2. The highest BCUT2D eigenvalue weighted by molar-refractivity contribution is 5.46. The van der Waals surface area contributed by atoms with E-state index in [0.717, 1.165) is 0 Å². The molecule has 0 heterocycles. The summed E-state index contributed by atoms with van der Waals surface area (Å²) < 4.78 is 0. The van der Waals surface area contributed by atoms with Gasteiger partial charge < -0.3 is 10.4 Å². The minimum absolute atomic E-state index is 0.312. The van der Waals surface area contributed by atoms with Crippen LogP contribution in [0.2, 0.25) is 0 Å². The van der Waals surface area contributed by atoms with Gasteiger partial charge in [-0.05, 0) is 18.2 Å². The number of hydroxylamine groups is 1. The van der Waals surface area contributed by atoms with Crippen molar-refractivity contribution in [3.63, 3.8) is 0 Å². The fourth-order valence-corrected chi connectivity index (χ4v) is 1.49. The second-order valence-electron chi connectivity index (χ2n) is 3.79. The lowest BCUT2D eigenvalue weighted by Crippen LogP contribution is -1.91. The third kappa shape index (κ3) is 3.60. The summed E-state index contributed by atoms with van der Waals surface area (Å²) in [6, 6.07) is 15.3. The quantitative estimate of drug-likeness (QED) is 0.475. The van der Waals surface area contributed by atoms with E-state index in [1.165, 1.54) is 13.1 Å². The first-order chi connectivity index (χ1) is 9.15. The zero-order valence-electron chi connectivity index (χ0n) is 10.3. The van der Waals surface area contributed by atoms with E-state index in [9.17, 15) is 10.4 Å². The molecule has 0 unspecified atom stereocenters. The monoisotopic (exact) mass is 256 g/mol. The minimum atomic E-state index is 0.312. The highest BCUT2D eigenvalue weighted by atomic mass is 16.5. The fraction of sp³-hybridized carbons (Fsp3) is 0.0769. The van der Waals surface area contributed by atoms with Gasteiger partial charge in [-0.2, -0.15) is 0 Å². The van der Waals surface area contributed by atoms with Crippen LogP contribution in [0, 0.1) is 10.4 Å². The Labute approximate surface area is 110 Å². The first-order valence-electron chi connectivity index (χ1n) is 5.62. The molecule has 2 aromatic rings. The molecule has 0 spiro atoms. The largest absolute Gasteiger partial charge is 0.600 e. The summed E-state index contributed by atoms with van der Waals surface area (Å²) in [6.45, 7) is 0. The molecule has 0 saturated heterocycles. The van der Waals surface area contributed by atoms with Gasteiger partial charge in [-0.25, -0.2) is 0 Å². The van der Waals surface area contributed by atoms with Crippen molar-refractivity contribution in [3.8, 4) is 0 Å². The van der Waals surface area contributed by atoms with Gasteiger partial charge >= 0.3 is 0 Å². The maximum Gasteiger partial charge on any atom is 0.247 e. The van der Waals surface area contributed by atoms with E-state index in [1.807, 2.05) is 6.07 Å². The summed E-state index contributed by atoms with van der Waals surface area (Å²) in [5.41, 5.74) is 1.27. The first kappa shape index (κ1) is 12.7. The van der Waals surface area contributed by atoms with Crippen LogP contribution >= 0.6 is 0 Å². The van der Waals surface area contributed by atoms with Crippen molar-refractivity contribution in [1.29, 1.82) is 0 Å². The van der Waals surface area contributed by atoms with E-state index in [2.05, 4.69) is 10.2 Å². The summed E-state index contributed by atoms with van der Waals surface area (Å²) in [6.07, 6.45) is 0. The lowest BCUT2D eigenvalue weighted by atomic mass is 10.3. The van der Waals surface area contributed by atoms with E-state index in [-0.39, 0.29) is 0 Å². The Balaban J connectivity index is 2.32. The smallest absolute Gasteiger partial charge is 0.247 e. The van der Waals surface area contributed by atoms with E-state index in [1.54, 1.807) is 42.5 Å². The molecule has 6 nitrogen and oxygen atoms in total. The minimum Gasteiger partial charge on any atom is -0.600 e. The molecule has 0 aromatic heterocycles. The molecule has 0 amide bonds. The Bertz CT molecular complexity index is 620. The molecule has 0 aliphatic rings. The maximum absolute atomic E-state index is 11.9. The van der Waals surface area contributed by atoms with Crippen LogP contribution in [0.15, 0.2) is 64.8 Å². The van der Waals surface area contributed by atoms with Gasteiger partial charge in [0.2, 0.25) is 5.69 Å². The molecule has 0 saturated carbocycles. The zero-order valence-corrected chi connectivity index (χ0v) is 10.3. The van der Waals surface area contributed by atoms with Gasteiger partial charge in [0.25, 0.3) is 0 Å². The lowest BCUT2D eigenvalue weighted by molar-refractivity contribution is -0.493. The van der Waals surface area contributed by atoms with Crippen LogP contribution in [0.3, 0.4) is 0 Å². The van der Waals surface area contributed by atoms with Gasteiger partial charge in [-0.15, -0.1) is 0 Å². The highest BCUT2D eigenvalue weighted by Crippen LogP contribution is 2.22. The fourth-order valence-electron chi connectivity index (χ4n) is 1.49. The molecule has 2 rings (SSSR count). The average Bonchev–Trinajstić information content (AvgIpc) is 2.39. The van der Waals surface area contributed by atoms with Crippen molar-refractivity contribution in [2.75, 3.05) is 7.05 Å². The van der Waals surface area contributed by atoms with Crippen LogP contribution in [0.25, 0.3) is 0 Å². The summed E-state index contributed by atoms with van der Waals surface area (Å²) in [4.78, 5) is 0.932. The molecule has 96 valence electrons. The third-order valence-corrected chi connectivity index (χ3v) is 2.27. The summed E-state index contributed by atoms with van der Waals surface area (Å²) >= 11 is 0. The molecule has 19 heavy (non-hydrogen) atoms. The Kier molecular flexibility index (Phi) is 3.82. The lowest BCUT2D eigenvalue weighted by Gasteiger charge is -2.00. The van der Waals surface area contributed by atoms with E-state index >= 15 is 0 Å². The predicted octanol–water partition coefficient (Wildman–Crippen LogP) is 3.84. The Hall–Kier alpha value is -2.76. The third-order valence-electron chi connectivity index (χ3n) is 2.27. The molecule has 0 aliphatic carbocycles. The predicted molar refractivity (Wildman–Crippen MR) is 69.9 cm³/mol. The van der Waals surface area contributed by atoms with Crippen molar-refractivity contribution >= 4 is 17.1 Å². The second-order valence-corrected chi connectivity index (χ2v) is 3.79. The maximum atomic E-state index is 11.9. The van der Waals surface area contributed by atoms with Crippen LogP contribution in [0.4, 0.5) is 17.1 Å². The molecule has 2 aromatic carbocycles. The molecule has 0 atom stereocenters. The molecule has 0 fully saturated rings. The zero-order chi connectivity index (χ0) is 13.7. The second kappa shape index (κ2) is 5.72. The Morgan fingerprint density at radius 1 is 0.842 bits per heavy atom. The molecular formula is C13H12N4O2. The van der Waals surface area contributed by atoms with E-state index in [4.69, 9.17) is 0 Å². The number of rotatable bonds is 3.